The van der Waals surface area contributed by atoms with Gasteiger partial charge in [0.05, 0.1) is 11.1 Å². The van der Waals surface area contributed by atoms with Crippen LogP contribution in [-0.2, 0) is 24.1 Å². The number of thioether (sulfide) groups is 1. The number of rotatable bonds is 4. The van der Waals surface area contributed by atoms with Crippen LogP contribution in [-0.4, -0.2) is 49.2 Å². The summed E-state index contributed by atoms with van der Waals surface area (Å²) in [7, 11) is 0. The van der Waals surface area contributed by atoms with Gasteiger partial charge in [-0.1, -0.05) is 32.5 Å². The van der Waals surface area contributed by atoms with E-state index < -0.39 is 0 Å². The van der Waals surface area contributed by atoms with Crippen molar-refractivity contribution in [3.8, 4) is 0 Å². The summed E-state index contributed by atoms with van der Waals surface area (Å²) in [5.41, 5.74) is 2.35. The minimum absolute atomic E-state index is 0.206. The molecule has 1 aliphatic carbocycles. The molecular weight excluding hydrogens is 414 g/mol. The van der Waals surface area contributed by atoms with Gasteiger partial charge < -0.3 is 4.90 Å². The van der Waals surface area contributed by atoms with E-state index in [0.29, 0.717) is 11.7 Å². The summed E-state index contributed by atoms with van der Waals surface area (Å²) in [6, 6.07) is 0. The summed E-state index contributed by atoms with van der Waals surface area (Å²) in [5, 5.41) is 11.1. The molecule has 1 aliphatic heterocycles. The van der Waals surface area contributed by atoms with E-state index in [9.17, 15) is 4.79 Å². The number of hydrogen-bond donors (Lipinski definition) is 0. The predicted octanol–water partition coefficient (Wildman–Crippen LogP) is 4.38. The van der Waals surface area contributed by atoms with E-state index in [0.717, 1.165) is 66.1 Å². The van der Waals surface area contributed by atoms with Crippen molar-refractivity contribution in [1.82, 2.24) is 24.5 Å². The molecule has 3 aromatic rings. The maximum absolute atomic E-state index is 12.8. The smallest absolute Gasteiger partial charge is 0.233 e. The highest BCUT2D eigenvalue weighted by molar-refractivity contribution is 7.99. The summed E-state index contributed by atoms with van der Waals surface area (Å²) in [6.07, 6.45) is 6.60. The zero-order valence-corrected chi connectivity index (χ0v) is 19.6. The first-order valence-corrected chi connectivity index (χ1v) is 12.9. The Hall–Kier alpha value is -1.67. The molecule has 4 heterocycles. The van der Waals surface area contributed by atoms with Gasteiger partial charge in [-0.2, -0.15) is 0 Å². The highest BCUT2D eigenvalue weighted by Crippen LogP contribution is 2.39. The third kappa shape index (κ3) is 3.51. The number of carbonyl (C=O) groups excluding carboxylic acids is 1. The van der Waals surface area contributed by atoms with Crippen LogP contribution in [0.4, 0.5) is 0 Å². The van der Waals surface area contributed by atoms with Gasteiger partial charge in [-0.05, 0) is 49.5 Å². The fraction of sp³-hybridized carbons (Fsp3) is 0.636. The Morgan fingerprint density at radius 1 is 1.23 bits per heavy atom. The summed E-state index contributed by atoms with van der Waals surface area (Å²) in [6.45, 7) is 8.44. The minimum Gasteiger partial charge on any atom is -0.342 e. The van der Waals surface area contributed by atoms with Crippen LogP contribution in [0.3, 0.4) is 0 Å². The number of amides is 1. The Morgan fingerprint density at radius 2 is 2.10 bits per heavy atom. The number of likely N-dealkylation sites (tertiary alicyclic amines) is 1. The number of fused-ring (bicyclic) bond motifs is 5. The molecule has 1 amide bonds. The van der Waals surface area contributed by atoms with Crippen LogP contribution in [0.15, 0.2) is 5.16 Å². The molecule has 5 rings (SSSR count). The van der Waals surface area contributed by atoms with Crippen molar-refractivity contribution in [2.45, 2.75) is 64.5 Å². The minimum atomic E-state index is 0.206. The molecule has 0 unspecified atom stereocenters. The van der Waals surface area contributed by atoms with E-state index in [2.05, 4.69) is 35.4 Å². The number of thiophene rings is 1. The van der Waals surface area contributed by atoms with E-state index in [-0.39, 0.29) is 5.91 Å². The van der Waals surface area contributed by atoms with Gasteiger partial charge in [-0.3, -0.25) is 9.20 Å². The van der Waals surface area contributed by atoms with Gasteiger partial charge in [0.1, 0.15) is 10.7 Å². The van der Waals surface area contributed by atoms with Gasteiger partial charge in [0.25, 0.3) is 0 Å². The van der Waals surface area contributed by atoms with Crippen LogP contribution in [0.25, 0.3) is 15.9 Å². The Balaban J connectivity index is 1.48. The normalized spacial score (nSPS) is 22.0. The number of aryl methyl sites for hydroxylation is 2. The van der Waals surface area contributed by atoms with Crippen LogP contribution in [0.1, 0.15) is 56.3 Å². The Kier molecular flexibility index (Phi) is 5.47. The van der Waals surface area contributed by atoms with Crippen LogP contribution < -0.4 is 0 Å². The van der Waals surface area contributed by atoms with Crippen LogP contribution in [0, 0.1) is 11.8 Å². The van der Waals surface area contributed by atoms with Crippen molar-refractivity contribution in [3.63, 3.8) is 0 Å². The van der Waals surface area contributed by atoms with Crippen molar-refractivity contribution < 1.29 is 4.79 Å². The van der Waals surface area contributed by atoms with Gasteiger partial charge in [0, 0.05) is 24.4 Å². The van der Waals surface area contributed by atoms with Crippen LogP contribution in [0.2, 0.25) is 0 Å². The van der Waals surface area contributed by atoms with Crippen molar-refractivity contribution in [2.24, 2.45) is 11.8 Å². The van der Waals surface area contributed by atoms with Gasteiger partial charge in [-0.15, -0.1) is 21.5 Å². The second-order valence-electron chi connectivity index (χ2n) is 8.93. The first kappa shape index (κ1) is 20.2. The third-order valence-corrected chi connectivity index (χ3v) is 8.55. The van der Waals surface area contributed by atoms with Crippen LogP contribution >= 0.6 is 23.1 Å². The average Bonchev–Trinajstić information content (AvgIpc) is 3.31. The monoisotopic (exact) mass is 443 g/mol. The zero-order valence-electron chi connectivity index (χ0n) is 18.0. The lowest BCUT2D eigenvalue weighted by Gasteiger charge is -2.30. The molecule has 160 valence electrons. The fourth-order valence-corrected chi connectivity index (χ4v) is 7.09. The largest absolute Gasteiger partial charge is 0.342 e. The second kappa shape index (κ2) is 8.11. The molecule has 30 heavy (non-hydrogen) atoms. The Labute approximate surface area is 185 Å². The summed E-state index contributed by atoms with van der Waals surface area (Å²) >= 11 is 3.33. The van der Waals surface area contributed by atoms with E-state index in [1.807, 2.05) is 16.2 Å². The molecule has 2 aliphatic rings. The summed E-state index contributed by atoms with van der Waals surface area (Å²) in [5.74, 6) is 2.93. The number of aromatic nitrogens is 4. The highest BCUT2D eigenvalue weighted by Gasteiger charge is 2.26. The topological polar surface area (TPSA) is 63.4 Å². The molecule has 6 nitrogen and oxygen atoms in total. The molecule has 1 saturated heterocycles. The lowest BCUT2D eigenvalue weighted by atomic mass is 9.89. The van der Waals surface area contributed by atoms with Gasteiger partial charge in [-0.25, -0.2) is 4.98 Å². The summed E-state index contributed by atoms with van der Waals surface area (Å²) < 4.78 is 2.10. The van der Waals surface area contributed by atoms with Crippen LogP contribution in [0.5, 0.6) is 0 Å². The average molecular weight is 444 g/mol. The lowest BCUT2D eigenvalue weighted by molar-refractivity contribution is -0.130. The predicted molar refractivity (Wildman–Crippen MR) is 122 cm³/mol. The number of carbonyl (C=O) groups is 1. The van der Waals surface area contributed by atoms with Crippen molar-refractivity contribution in [1.29, 1.82) is 0 Å². The standard InChI is InChI=1S/C22H29N5OS2/c1-4-17-23-21-19(15-8-7-13(2)10-16(15)30-21)20-24-25-22(27(17)20)29-12-18(28)26-9-5-6-14(3)11-26/h13-14H,4-12H2,1-3H3/t13-,14-/m1/s1. The van der Waals surface area contributed by atoms with E-state index >= 15 is 0 Å². The number of piperidine rings is 1. The van der Waals surface area contributed by atoms with Crippen molar-refractivity contribution in [2.75, 3.05) is 18.8 Å². The molecule has 0 radical (unpaired) electrons. The van der Waals surface area contributed by atoms with Gasteiger partial charge in [0.2, 0.25) is 5.91 Å². The quantitative estimate of drug-likeness (QED) is 0.560. The fourth-order valence-electron chi connectivity index (χ4n) is 4.84. The molecular formula is C22H29N5OS2. The van der Waals surface area contributed by atoms with Gasteiger partial charge >= 0.3 is 0 Å². The highest BCUT2D eigenvalue weighted by atomic mass is 32.2. The maximum atomic E-state index is 12.8. The number of hydrogen-bond acceptors (Lipinski definition) is 6. The first-order chi connectivity index (χ1) is 14.5. The lowest BCUT2D eigenvalue weighted by Crippen LogP contribution is -2.40. The second-order valence-corrected chi connectivity index (χ2v) is 11.0. The first-order valence-electron chi connectivity index (χ1n) is 11.1. The van der Waals surface area contributed by atoms with E-state index in [1.165, 1.54) is 40.4 Å². The Morgan fingerprint density at radius 3 is 2.90 bits per heavy atom. The molecule has 0 bridgehead atoms. The van der Waals surface area contributed by atoms with Crippen molar-refractivity contribution >= 4 is 44.9 Å². The summed E-state index contributed by atoms with van der Waals surface area (Å²) in [4.78, 5) is 22.3. The Bertz CT molecular complexity index is 1100. The van der Waals surface area contributed by atoms with Gasteiger partial charge in [0.15, 0.2) is 10.8 Å². The zero-order chi connectivity index (χ0) is 20.8. The molecule has 0 spiro atoms. The molecule has 0 N–H and O–H groups in total. The molecule has 0 aromatic carbocycles. The maximum Gasteiger partial charge on any atom is 0.233 e. The molecule has 8 heteroatoms. The van der Waals surface area contributed by atoms with Crippen molar-refractivity contribution in [3.05, 3.63) is 16.3 Å². The molecule has 0 saturated carbocycles. The van der Waals surface area contributed by atoms with E-state index in [1.54, 1.807) is 0 Å². The number of nitrogens with zero attached hydrogens (tertiary/aromatic N) is 5. The van der Waals surface area contributed by atoms with E-state index in [4.69, 9.17) is 4.98 Å². The third-order valence-electron chi connectivity index (χ3n) is 6.49. The SMILES string of the molecule is CCc1nc2sc3c(c2c2nnc(SCC(=O)N4CCC[C@@H](C)C4)n12)CC[C@@H](C)C3. The molecule has 1 fully saturated rings. The molecule has 3 aromatic heterocycles. The molecule has 2 atom stereocenters.